The lowest BCUT2D eigenvalue weighted by atomic mass is 9.98. The molecule has 0 saturated carbocycles. The number of nitrogens with one attached hydrogen (secondary N) is 1. The fourth-order valence-corrected chi connectivity index (χ4v) is 5.14. The number of nitrogens with two attached hydrogens (primary N) is 2. The highest BCUT2D eigenvalue weighted by Crippen LogP contribution is 2.40. The van der Waals surface area contributed by atoms with E-state index < -0.39 is 53.5 Å². The molecule has 2 atom stereocenters. The maximum absolute atomic E-state index is 13.1. The first-order valence-corrected chi connectivity index (χ1v) is 12.8. The molecular formula is C21H26N6O9S2. The van der Waals surface area contributed by atoms with Gasteiger partial charge in [-0.15, -0.1) is 23.1 Å². The zero-order valence-electron chi connectivity index (χ0n) is 20.8. The maximum Gasteiger partial charge on any atom is 0.404 e. The van der Waals surface area contributed by atoms with Gasteiger partial charge in [-0.25, -0.2) is 14.6 Å². The molecule has 15 nitrogen and oxygen atoms in total. The number of thioether (sulfide) groups is 1. The molecule has 1 aromatic rings. The molecule has 2 aliphatic rings. The third kappa shape index (κ3) is 6.34. The van der Waals surface area contributed by atoms with E-state index in [-0.39, 0.29) is 40.2 Å². The second-order valence-electron chi connectivity index (χ2n) is 8.85. The van der Waals surface area contributed by atoms with Gasteiger partial charge in [0.05, 0.1) is 5.41 Å². The molecule has 38 heavy (non-hydrogen) atoms. The van der Waals surface area contributed by atoms with Crippen molar-refractivity contribution in [3.63, 3.8) is 0 Å². The number of amides is 3. The number of aromatic nitrogens is 1. The molecular weight excluding hydrogens is 544 g/mol. The second-order valence-corrected chi connectivity index (χ2v) is 10.8. The molecule has 0 aliphatic carbocycles. The van der Waals surface area contributed by atoms with E-state index in [4.69, 9.17) is 30.5 Å². The zero-order chi connectivity index (χ0) is 28.2. The number of carbonyl (C=O) groups excluding carboxylic acids is 5. The summed E-state index contributed by atoms with van der Waals surface area (Å²) in [6, 6.07) is -1.04. The minimum Gasteiger partial charge on any atom is -0.445 e. The first-order valence-electron chi connectivity index (χ1n) is 10.9. The van der Waals surface area contributed by atoms with Crippen molar-refractivity contribution in [2.45, 2.75) is 32.2 Å². The minimum absolute atomic E-state index is 0.141. The number of hydrogen-bond donors (Lipinski definition) is 3. The summed E-state index contributed by atoms with van der Waals surface area (Å²) >= 11 is 2.30. The Kier molecular flexibility index (Phi) is 8.82. The summed E-state index contributed by atoms with van der Waals surface area (Å²) in [6.45, 7) is 3.80. The lowest BCUT2D eigenvalue weighted by Gasteiger charge is -2.49. The summed E-state index contributed by atoms with van der Waals surface area (Å²) in [5, 5.41) is 7.27. The number of oxime groups is 1. The Bertz CT molecular complexity index is 1210. The number of rotatable bonds is 9. The SMILES string of the molecule is CO/N=C(\C(=O)N[C@@H]1C(=O)N2C(C(=O)OCOC(=O)C(C)(C)C)=C(COC(N)=O)CS[C@H]12)c1csc(N)n1. The number of esters is 2. The number of nitrogen functional groups attached to an aromatic ring is 1. The molecule has 1 saturated heterocycles. The van der Waals surface area contributed by atoms with E-state index >= 15 is 0 Å². The van der Waals surface area contributed by atoms with E-state index in [2.05, 4.69) is 15.5 Å². The summed E-state index contributed by atoms with van der Waals surface area (Å²) < 4.78 is 14.8. The van der Waals surface area contributed by atoms with E-state index in [1.807, 2.05) is 0 Å². The van der Waals surface area contributed by atoms with Crippen molar-refractivity contribution >= 4 is 63.8 Å². The molecule has 17 heteroatoms. The van der Waals surface area contributed by atoms with Gasteiger partial charge in [0, 0.05) is 16.7 Å². The Morgan fingerprint density at radius 1 is 1.24 bits per heavy atom. The molecule has 1 aromatic heterocycles. The van der Waals surface area contributed by atoms with Crippen LogP contribution in [0.4, 0.5) is 9.93 Å². The monoisotopic (exact) mass is 570 g/mol. The highest BCUT2D eigenvalue weighted by Gasteiger charge is 2.55. The van der Waals surface area contributed by atoms with Gasteiger partial charge < -0.3 is 35.8 Å². The summed E-state index contributed by atoms with van der Waals surface area (Å²) in [7, 11) is 1.24. The largest absolute Gasteiger partial charge is 0.445 e. The lowest BCUT2D eigenvalue weighted by molar-refractivity contribution is -0.173. The average Bonchev–Trinajstić information content (AvgIpc) is 3.28. The first-order chi connectivity index (χ1) is 17.8. The van der Waals surface area contributed by atoms with Crippen LogP contribution in [0.3, 0.4) is 0 Å². The van der Waals surface area contributed by atoms with Crippen molar-refractivity contribution in [1.82, 2.24) is 15.2 Å². The number of fused-ring (bicyclic) bond motifs is 1. The number of thiazole rings is 1. The topological polar surface area (TPSA) is 215 Å². The van der Waals surface area contributed by atoms with Crippen LogP contribution in [-0.4, -0.2) is 83.1 Å². The number of nitrogens with zero attached hydrogens (tertiary/aromatic N) is 3. The van der Waals surface area contributed by atoms with Crippen LogP contribution in [0.25, 0.3) is 0 Å². The van der Waals surface area contributed by atoms with Gasteiger partial charge >= 0.3 is 18.0 Å². The first kappa shape index (κ1) is 28.7. The summed E-state index contributed by atoms with van der Waals surface area (Å²) in [4.78, 5) is 71.9. The van der Waals surface area contributed by atoms with Crippen LogP contribution in [0.1, 0.15) is 26.5 Å². The van der Waals surface area contributed by atoms with Gasteiger partial charge in [0.1, 0.15) is 36.5 Å². The molecule has 1 fully saturated rings. The molecule has 0 spiro atoms. The Morgan fingerprint density at radius 2 is 1.95 bits per heavy atom. The molecule has 0 aromatic carbocycles. The summed E-state index contributed by atoms with van der Waals surface area (Å²) in [5.74, 6) is -2.84. The quantitative estimate of drug-likeness (QED) is 0.117. The fourth-order valence-electron chi connectivity index (χ4n) is 3.26. The van der Waals surface area contributed by atoms with Crippen molar-refractivity contribution in [3.8, 4) is 0 Å². The number of carbonyl (C=O) groups is 5. The van der Waals surface area contributed by atoms with Crippen LogP contribution in [0, 0.1) is 5.41 Å². The predicted octanol–water partition coefficient (Wildman–Crippen LogP) is -0.0849. The van der Waals surface area contributed by atoms with Gasteiger partial charge in [-0.1, -0.05) is 5.16 Å². The molecule has 3 heterocycles. The summed E-state index contributed by atoms with van der Waals surface area (Å²) in [6.07, 6.45) is -1.08. The highest BCUT2D eigenvalue weighted by molar-refractivity contribution is 8.00. The number of β-lactam (4-membered cyclic amide) rings is 1. The Morgan fingerprint density at radius 3 is 2.53 bits per heavy atom. The molecule has 3 amide bonds. The van der Waals surface area contributed by atoms with Crippen molar-refractivity contribution in [3.05, 3.63) is 22.3 Å². The van der Waals surface area contributed by atoms with Crippen LogP contribution in [0.2, 0.25) is 0 Å². The standard InChI is InChI=1S/C21H26N6O9S2/c1-21(2,3)18(31)36-8-35-17(30)13-9(5-34-20(23)32)6-37-16-12(15(29)27(13)16)25-14(28)11(26-33-4)10-7-38-19(22)24-10/h7,12,16H,5-6,8H2,1-4H3,(H2,22,24)(H2,23,32)(H,25,28)/b26-11-/t12-,16-/m1/s1. The molecule has 0 radical (unpaired) electrons. The van der Waals surface area contributed by atoms with Gasteiger partial charge in [-0.3, -0.25) is 19.3 Å². The molecule has 0 unspecified atom stereocenters. The third-order valence-electron chi connectivity index (χ3n) is 5.07. The van der Waals surface area contributed by atoms with E-state index in [9.17, 15) is 24.0 Å². The number of hydrogen-bond acceptors (Lipinski definition) is 14. The van der Waals surface area contributed by atoms with Crippen molar-refractivity contribution < 1.29 is 43.0 Å². The maximum atomic E-state index is 13.1. The van der Waals surface area contributed by atoms with Crippen molar-refractivity contribution in [2.24, 2.45) is 16.3 Å². The van der Waals surface area contributed by atoms with Crippen molar-refractivity contribution in [2.75, 3.05) is 32.0 Å². The molecule has 2 aliphatic heterocycles. The van der Waals surface area contributed by atoms with Crippen LogP contribution in [-0.2, 0) is 38.2 Å². The number of anilines is 1. The van der Waals surface area contributed by atoms with Crippen LogP contribution >= 0.6 is 23.1 Å². The molecule has 3 rings (SSSR count). The number of ether oxygens (including phenoxy) is 3. The second kappa shape index (κ2) is 11.7. The highest BCUT2D eigenvalue weighted by atomic mass is 32.2. The average molecular weight is 571 g/mol. The van der Waals surface area contributed by atoms with Gasteiger partial charge in [0.25, 0.3) is 11.8 Å². The van der Waals surface area contributed by atoms with Gasteiger partial charge in [0.2, 0.25) is 6.79 Å². The molecule has 5 N–H and O–H groups in total. The molecule has 0 bridgehead atoms. The van der Waals surface area contributed by atoms with E-state index in [1.54, 1.807) is 20.8 Å². The van der Waals surface area contributed by atoms with Crippen LogP contribution in [0.15, 0.2) is 21.8 Å². The van der Waals surface area contributed by atoms with Crippen LogP contribution in [0.5, 0.6) is 0 Å². The zero-order valence-corrected chi connectivity index (χ0v) is 22.5. The fraction of sp³-hybridized carbons (Fsp3) is 0.476. The minimum atomic E-state index is -1.08. The van der Waals surface area contributed by atoms with E-state index in [0.29, 0.717) is 0 Å². The third-order valence-corrected chi connectivity index (χ3v) is 7.08. The smallest absolute Gasteiger partial charge is 0.404 e. The van der Waals surface area contributed by atoms with Gasteiger partial charge in [-0.2, -0.15) is 0 Å². The van der Waals surface area contributed by atoms with Crippen LogP contribution < -0.4 is 16.8 Å². The Hall–Kier alpha value is -3.86. The van der Waals surface area contributed by atoms with Crippen molar-refractivity contribution in [1.29, 1.82) is 0 Å². The lowest BCUT2D eigenvalue weighted by Crippen LogP contribution is -2.71. The van der Waals surface area contributed by atoms with Gasteiger partial charge in [0.15, 0.2) is 10.8 Å². The molecule has 206 valence electrons. The number of primary amides is 1. The predicted molar refractivity (Wildman–Crippen MR) is 134 cm³/mol. The normalized spacial score (nSPS) is 19.2. The van der Waals surface area contributed by atoms with E-state index in [0.717, 1.165) is 16.2 Å². The van der Waals surface area contributed by atoms with Gasteiger partial charge in [-0.05, 0) is 20.8 Å². The van der Waals surface area contributed by atoms with E-state index in [1.165, 1.54) is 24.3 Å². The Balaban J connectivity index is 1.77. The summed E-state index contributed by atoms with van der Waals surface area (Å²) in [5.41, 5.74) is 9.86. The Labute approximate surface area is 224 Å².